The van der Waals surface area contributed by atoms with Crippen LogP contribution >= 0.6 is 0 Å². The summed E-state index contributed by atoms with van der Waals surface area (Å²) in [5.74, 6) is 2.06. The summed E-state index contributed by atoms with van der Waals surface area (Å²) in [6, 6.07) is 10.8. The molecule has 0 saturated heterocycles. The largest absolute Gasteiger partial charge is 0.493 e. The minimum atomic E-state index is -0.213. The van der Waals surface area contributed by atoms with Crippen molar-refractivity contribution in [1.82, 2.24) is 10.1 Å². The van der Waals surface area contributed by atoms with Crippen molar-refractivity contribution in [3.05, 3.63) is 53.9 Å². The third-order valence-corrected chi connectivity index (χ3v) is 3.75. The first-order valence-corrected chi connectivity index (χ1v) is 7.99. The summed E-state index contributed by atoms with van der Waals surface area (Å²) < 4.78 is 15.9. The van der Waals surface area contributed by atoms with Gasteiger partial charge in [0.2, 0.25) is 5.91 Å². The Hall–Kier alpha value is -3.35. The van der Waals surface area contributed by atoms with E-state index >= 15 is 0 Å². The standard InChI is InChI=1S/C19H19N3O4/c1-12-6-7-20-18(8-12)21-19(23)11-14-10-16(26-22-14)13-4-5-15(24-2)17(9-13)25-3/h4-10H,11H2,1-3H3,(H,20,21,23). The molecule has 1 amide bonds. The molecule has 26 heavy (non-hydrogen) atoms. The van der Waals surface area contributed by atoms with E-state index in [2.05, 4.69) is 15.5 Å². The molecule has 1 aromatic carbocycles. The number of hydrogen-bond donors (Lipinski definition) is 1. The predicted octanol–water partition coefficient (Wildman–Crippen LogP) is 3.24. The Kier molecular flexibility index (Phi) is 5.17. The van der Waals surface area contributed by atoms with Crippen molar-refractivity contribution in [3.63, 3.8) is 0 Å². The van der Waals surface area contributed by atoms with Crippen molar-refractivity contribution in [1.29, 1.82) is 0 Å². The van der Waals surface area contributed by atoms with E-state index in [-0.39, 0.29) is 12.3 Å². The summed E-state index contributed by atoms with van der Waals surface area (Å²) in [5.41, 5.74) is 2.33. The lowest BCUT2D eigenvalue weighted by Crippen LogP contribution is -2.15. The average molecular weight is 353 g/mol. The molecule has 2 heterocycles. The van der Waals surface area contributed by atoms with Crippen LogP contribution in [0.3, 0.4) is 0 Å². The number of nitrogens with zero attached hydrogens (tertiary/aromatic N) is 2. The van der Waals surface area contributed by atoms with Gasteiger partial charge in [-0.15, -0.1) is 0 Å². The molecule has 0 atom stereocenters. The summed E-state index contributed by atoms with van der Waals surface area (Å²) >= 11 is 0. The number of aromatic nitrogens is 2. The van der Waals surface area contributed by atoms with Crippen LogP contribution in [0, 0.1) is 6.92 Å². The van der Waals surface area contributed by atoms with Crippen LogP contribution in [0.15, 0.2) is 47.1 Å². The van der Waals surface area contributed by atoms with Gasteiger partial charge in [0.15, 0.2) is 17.3 Å². The third-order valence-electron chi connectivity index (χ3n) is 3.75. The van der Waals surface area contributed by atoms with Crippen LogP contribution in [0.1, 0.15) is 11.3 Å². The number of anilines is 1. The maximum atomic E-state index is 12.2. The molecule has 0 fully saturated rings. The van der Waals surface area contributed by atoms with Gasteiger partial charge >= 0.3 is 0 Å². The number of nitrogens with one attached hydrogen (secondary N) is 1. The van der Waals surface area contributed by atoms with Crippen molar-refractivity contribution in [2.45, 2.75) is 13.3 Å². The lowest BCUT2D eigenvalue weighted by Gasteiger charge is -2.07. The Labute approximate surface area is 150 Å². The quantitative estimate of drug-likeness (QED) is 0.732. The second-order valence-electron chi connectivity index (χ2n) is 5.70. The third kappa shape index (κ3) is 4.00. The summed E-state index contributed by atoms with van der Waals surface area (Å²) in [6.07, 6.45) is 1.74. The molecule has 3 aromatic rings. The zero-order chi connectivity index (χ0) is 18.5. The Bertz CT molecular complexity index is 921. The second kappa shape index (κ2) is 7.69. The summed E-state index contributed by atoms with van der Waals surface area (Å²) in [7, 11) is 3.14. The molecule has 3 rings (SSSR count). The number of benzene rings is 1. The minimum absolute atomic E-state index is 0.0897. The van der Waals surface area contributed by atoms with E-state index in [0.29, 0.717) is 28.8 Å². The molecular formula is C19H19N3O4. The van der Waals surface area contributed by atoms with Gasteiger partial charge in [-0.1, -0.05) is 5.16 Å². The van der Waals surface area contributed by atoms with Gasteiger partial charge in [0.25, 0.3) is 0 Å². The summed E-state index contributed by atoms with van der Waals surface area (Å²) in [6.45, 7) is 1.93. The Morgan fingerprint density at radius 2 is 1.92 bits per heavy atom. The number of methoxy groups -OCH3 is 2. The molecule has 0 bridgehead atoms. The van der Waals surface area contributed by atoms with Crippen molar-refractivity contribution in [2.24, 2.45) is 0 Å². The first-order valence-electron chi connectivity index (χ1n) is 7.99. The zero-order valence-corrected chi connectivity index (χ0v) is 14.8. The van der Waals surface area contributed by atoms with Crippen molar-refractivity contribution >= 4 is 11.7 Å². The molecule has 0 radical (unpaired) electrons. The van der Waals surface area contributed by atoms with E-state index in [1.165, 1.54) is 0 Å². The fourth-order valence-corrected chi connectivity index (χ4v) is 2.48. The second-order valence-corrected chi connectivity index (χ2v) is 5.70. The molecular weight excluding hydrogens is 334 g/mol. The highest BCUT2D eigenvalue weighted by molar-refractivity contribution is 5.91. The Balaban J connectivity index is 1.70. The normalized spacial score (nSPS) is 10.4. The molecule has 7 nitrogen and oxygen atoms in total. The van der Waals surface area contributed by atoms with Crippen molar-refractivity contribution in [3.8, 4) is 22.8 Å². The number of aryl methyl sites for hydroxylation is 1. The predicted molar refractivity (Wildman–Crippen MR) is 96.4 cm³/mol. The van der Waals surface area contributed by atoms with E-state index in [1.807, 2.05) is 19.1 Å². The maximum Gasteiger partial charge on any atom is 0.231 e. The van der Waals surface area contributed by atoms with Gasteiger partial charge in [0.05, 0.1) is 26.3 Å². The van der Waals surface area contributed by atoms with Gasteiger partial charge < -0.3 is 19.3 Å². The highest BCUT2D eigenvalue weighted by atomic mass is 16.5. The van der Waals surface area contributed by atoms with Crippen LogP contribution in [0.5, 0.6) is 11.5 Å². The van der Waals surface area contributed by atoms with E-state index in [4.69, 9.17) is 14.0 Å². The van der Waals surface area contributed by atoms with Crippen molar-refractivity contribution < 1.29 is 18.8 Å². The average Bonchev–Trinajstić information content (AvgIpc) is 3.09. The number of rotatable bonds is 6. The van der Waals surface area contributed by atoms with E-state index in [9.17, 15) is 4.79 Å². The van der Waals surface area contributed by atoms with Crippen molar-refractivity contribution in [2.75, 3.05) is 19.5 Å². The van der Waals surface area contributed by atoms with Crippen LogP contribution in [0.4, 0.5) is 5.82 Å². The first kappa shape index (κ1) is 17.5. The van der Waals surface area contributed by atoms with E-state index < -0.39 is 0 Å². The van der Waals surface area contributed by atoms with Crippen LogP contribution in [0.2, 0.25) is 0 Å². The topological polar surface area (TPSA) is 86.5 Å². The first-order chi connectivity index (χ1) is 12.6. The number of pyridine rings is 1. The van der Waals surface area contributed by atoms with Gasteiger partial charge in [0, 0.05) is 17.8 Å². The van der Waals surface area contributed by atoms with Gasteiger partial charge in [-0.05, 0) is 42.8 Å². The number of ether oxygens (including phenoxy) is 2. The smallest absolute Gasteiger partial charge is 0.231 e. The monoisotopic (exact) mass is 353 g/mol. The minimum Gasteiger partial charge on any atom is -0.493 e. The molecule has 134 valence electrons. The molecule has 0 aliphatic rings. The van der Waals surface area contributed by atoms with Gasteiger partial charge in [-0.2, -0.15) is 0 Å². The van der Waals surface area contributed by atoms with E-state index in [1.54, 1.807) is 44.7 Å². The maximum absolute atomic E-state index is 12.2. The molecule has 0 aliphatic heterocycles. The van der Waals surface area contributed by atoms with E-state index in [0.717, 1.165) is 11.1 Å². The van der Waals surface area contributed by atoms with Crippen LogP contribution in [-0.2, 0) is 11.2 Å². The van der Waals surface area contributed by atoms with Crippen LogP contribution in [0.25, 0.3) is 11.3 Å². The lowest BCUT2D eigenvalue weighted by atomic mass is 10.1. The summed E-state index contributed by atoms with van der Waals surface area (Å²) in [5, 5.41) is 6.71. The number of carbonyl (C=O) groups excluding carboxylic acids is 1. The Morgan fingerprint density at radius 3 is 2.65 bits per heavy atom. The molecule has 7 heteroatoms. The molecule has 1 N–H and O–H groups in total. The number of carbonyl (C=O) groups is 1. The number of hydrogen-bond acceptors (Lipinski definition) is 6. The number of amides is 1. The summed E-state index contributed by atoms with van der Waals surface area (Å²) in [4.78, 5) is 16.3. The molecule has 0 spiro atoms. The Morgan fingerprint density at radius 1 is 1.12 bits per heavy atom. The van der Waals surface area contributed by atoms with Crippen LogP contribution < -0.4 is 14.8 Å². The molecule has 0 saturated carbocycles. The van der Waals surface area contributed by atoms with Crippen LogP contribution in [-0.4, -0.2) is 30.3 Å². The van der Waals surface area contributed by atoms with Gasteiger partial charge in [0.1, 0.15) is 5.82 Å². The highest BCUT2D eigenvalue weighted by Crippen LogP contribution is 2.32. The SMILES string of the molecule is COc1ccc(-c2cc(CC(=O)Nc3cc(C)ccn3)no2)cc1OC. The highest BCUT2D eigenvalue weighted by Gasteiger charge is 2.13. The fraction of sp³-hybridized carbons (Fsp3) is 0.211. The zero-order valence-electron chi connectivity index (χ0n) is 14.8. The van der Waals surface area contributed by atoms with Gasteiger partial charge in [-0.3, -0.25) is 4.79 Å². The fourth-order valence-electron chi connectivity index (χ4n) is 2.48. The lowest BCUT2D eigenvalue weighted by molar-refractivity contribution is -0.115. The molecule has 2 aromatic heterocycles. The molecule has 0 aliphatic carbocycles. The molecule has 0 unspecified atom stereocenters. The van der Waals surface area contributed by atoms with Gasteiger partial charge in [-0.25, -0.2) is 4.98 Å².